The van der Waals surface area contributed by atoms with Crippen LogP contribution in [-0.4, -0.2) is 5.34 Å². The van der Waals surface area contributed by atoms with Crippen molar-refractivity contribution in [1.82, 2.24) is 0 Å². The molecule has 0 nitrogen and oxygen atoms in total. The molecule has 0 heterocycles. The van der Waals surface area contributed by atoms with E-state index in [0.29, 0.717) is 0 Å². The van der Waals surface area contributed by atoms with E-state index in [4.69, 9.17) is 23.2 Å². The monoisotopic (exact) mass is 612 g/mol. The van der Waals surface area contributed by atoms with Gasteiger partial charge in [-0.1, -0.05) is 146 Å². The number of fused-ring (bicyclic) bond motifs is 18. The van der Waals surface area contributed by atoms with Crippen LogP contribution in [0.25, 0.3) is 97.0 Å². The third kappa shape index (κ3) is 3.86. The molecule has 0 unspecified atom stereocenters. The largest absolute Gasteiger partial charge is 0.109 e. The molecule has 0 aliphatic carbocycles. The molecule has 0 aliphatic rings. The van der Waals surface area contributed by atoms with Gasteiger partial charge in [-0.3, -0.25) is 0 Å². The van der Waals surface area contributed by atoms with Crippen LogP contribution in [0.1, 0.15) is 0 Å². The minimum Gasteiger partial charge on any atom is -0.109 e. The molecule has 0 radical (unpaired) electrons. The molecule has 212 valence electrons. The van der Waals surface area contributed by atoms with E-state index in [2.05, 4.69) is 146 Å². The van der Waals surface area contributed by atoms with E-state index in [0.717, 1.165) is 0 Å². The predicted molar refractivity (Wildman–Crippen MR) is 201 cm³/mol. The van der Waals surface area contributed by atoms with Crippen molar-refractivity contribution in [2.24, 2.45) is 0 Å². The van der Waals surface area contributed by atoms with Gasteiger partial charge in [0, 0.05) is 0 Å². The Balaban J connectivity index is 0.000000904. The van der Waals surface area contributed by atoms with Gasteiger partial charge in [-0.05, 0) is 97.0 Å². The number of benzene rings is 10. The molecule has 0 saturated heterocycles. The predicted octanol–water partition coefficient (Wildman–Crippen LogP) is 13.5. The van der Waals surface area contributed by atoms with E-state index in [9.17, 15) is 0 Å². The second-order valence-corrected chi connectivity index (χ2v) is 12.5. The van der Waals surface area contributed by atoms with Crippen molar-refractivity contribution in [3.05, 3.63) is 146 Å². The SMILES string of the molecule is ClCCl.c1ccc2c(c1)ccc1ccc3c(c4ccc5ccc6ccccc6c5c4c4ccc5ccc6ccccc6c5c34)c12. The first-order chi connectivity index (χ1) is 22.3. The van der Waals surface area contributed by atoms with Crippen LogP contribution in [0.3, 0.4) is 0 Å². The highest BCUT2D eigenvalue weighted by Gasteiger charge is 2.19. The van der Waals surface area contributed by atoms with Crippen LogP contribution in [-0.2, 0) is 0 Å². The van der Waals surface area contributed by atoms with Gasteiger partial charge in [0.15, 0.2) is 0 Å². The van der Waals surface area contributed by atoms with Crippen molar-refractivity contribution in [2.45, 2.75) is 0 Å². The fraction of sp³-hybridized carbons (Fsp3) is 0.0233. The zero-order valence-corrected chi connectivity index (χ0v) is 25.8. The fourth-order valence-electron chi connectivity index (χ4n) is 7.76. The molecule has 0 aliphatic heterocycles. The summed E-state index contributed by atoms with van der Waals surface area (Å²) >= 11 is 9.53. The lowest BCUT2D eigenvalue weighted by Crippen LogP contribution is -1.90. The first kappa shape index (κ1) is 26.5. The normalized spacial score (nSPS) is 11.9. The average molecular weight is 614 g/mol. The lowest BCUT2D eigenvalue weighted by molar-refractivity contribution is 1.78. The van der Waals surface area contributed by atoms with Gasteiger partial charge in [-0.2, -0.15) is 0 Å². The van der Waals surface area contributed by atoms with Crippen molar-refractivity contribution in [1.29, 1.82) is 0 Å². The first-order valence-electron chi connectivity index (χ1n) is 15.2. The van der Waals surface area contributed by atoms with E-state index in [-0.39, 0.29) is 5.34 Å². The molecule has 0 fully saturated rings. The Bertz CT molecular complexity index is 2470. The lowest BCUT2D eigenvalue weighted by Gasteiger charge is -2.19. The summed E-state index contributed by atoms with van der Waals surface area (Å²) < 4.78 is 0. The molecule has 45 heavy (non-hydrogen) atoms. The van der Waals surface area contributed by atoms with Crippen LogP contribution in [0.2, 0.25) is 0 Å². The van der Waals surface area contributed by atoms with Crippen molar-refractivity contribution < 1.29 is 0 Å². The third-order valence-corrected chi connectivity index (χ3v) is 9.54. The number of alkyl halides is 2. The number of hydrogen-bond acceptors (Lipinski definition) is 0. The minimum absolute atomic E-state index is 0.194. The van der Waals surface area contributed by atoms with E-state index >= 15 is 0 Å². The average Bonchev–Trinajstić information content (AvgIpc) is 3.10. The lowest BCUT2D eigenvalue weighted by atomic mass is 9.84. The van der Waals surface area contributed by atoms with Crippen LogP contribution in [0, 0.1) is 0 Å². The molecule has 0 saturated carbocycles. The van der Waals surface area contributed by atoms with E-state index < -0.39 is 0 Å². The van der Waals surface area contributed by atoms with Crippen LogP contribution in [0.4, 0.5) is 0 Å². The summed E-state index contributed by atoms with van der Waals surface area (Å²) in [5.74, 6) is 0. The number of halogens is 2. The van der Waals surface area contributed by atoms with E-state index in [1.807, 2.05) is 0 Å². The summed E-state index contributed by atoms with van der Waals surface area (Å²) in [5.41, 5.74) is 0. The van der Waals surface area contributed by atoms with Crippen LogP contribution in [0.5, 0.6) is 0 Å². The molecule has 10 aromatic rings. The Kier molecular flexibility index (Phi) is 6.10. The van der Waals surface area contributed by atoms with Crippen molar-refractivity contribution >= 4 is 120 Å². The molecule has 0 amide bonds. The second-order valence-electron chi connectivity index (χ2n) is 11.7. The first-order valence-corrected chi connectivity index (χ1v) is 16.3. The smallest absolute Gasteiger partial charge is 0.0967 e. The van der Waals surface area contributed by atoms with Crippen LogP contribution < -0.4 is 0 Å². The fourth-order valence-corrected chi connectivity index (χ4v) is 7.76. The van der Waals surface area contributed by atoms with Gasteiger partial charge in [0.2, 0.25) is 0 Å². The second kappa shape index (κ2) is 10.3. The summed E-state index contributed by atoms with van der Waals surface area (Å²) in [4.78, 5) is 0. The maximum atomic E-state index is 4.76. The summed E-state index contributed by atoms with van der Waals surface area (Å²) in [6, 6.07) is 54.4. The Labute approximate surface area is 270 Å². The molecule has 0 spiro atoms. The van der Waals surface area contributed by atoms with Crippen molar-refractivity contribution in [2.75, 3.05) is 5.34 Å². The maximum absolute atomic E-state index is 4.76. The molecular weight excluding hydrogens is 587 g/mol. The van der Waals surface area contributed by atoms with Crippen molar-refractivity contribution in [3.8, 4) is 0 Å². The molecule has 10 rings (SSSR count). The highest BCUT2D eigenvalue weighted by atomic mass is 35.5. The maximum Gasteiger partial charge on any atom is 0.0967 e. The third-order valence-electron chi connectivity index (χ3n) is 9.54. The van der Waals surface area contributed by atoms with Gasteiger partial charge in [0.1, 0.15) is 0 Å². The van der Waals surface area contributed by atoms with Gasteiger partial charge in [-0.15, -0.1) is 23.2 Å². The zero-order valence-electron chi connectivity index (χ0n) is 24.3. The Morgan fingerprint density at radius 1 is 0.244 bits per heavy atom. The van der Waals surface area contributed by atoms with Crippen LogP contribution >= 0.6 is 23.2 Å². The molecule has 2 heteroatoms. The zero-order chi connectivity index (χ0) is 30.1. The Morgan fingerprint density at radius 3 is 0.800 bits per heavy atom. The van der Waals surface area contributed by atoms with E-state index in [1.165, 1.54) is 97.0 Å². The molecular formula is C43H26Cl2. The van der Waals surface area contributed by atoms with Gasteiger partial charge >= 0.3 is 0 Å². The summed E-state index contributed by atoms with van der Waals surface area (Å²) in [5, 5.41) is 23.8. The molecule has 0 aromatic heterocycles. The van der Waals surface area contributed by atoms with Gasteiger partial charge in [0.25, 0.3) is 0 Å². The summed E-state index contributed by atoms with van der Waals surface area (Å²) in [7, 11) is 0. The number of hydrogen-bond donors (Lipinski definition) is 0. The molecule has 0 N–H and O–H groups in total. The summed E-state index contributed by atoms with van der Waals surface area (Å²) in [6.07, 6.45) is 0. The number of rotatable bonds is 0. The Hall–Kier alpha value is -4.88. The Morgan fingerprint density at radius 2 is 0.489 bits per heavy atom. The van der Waals surface area contributed by atoms with Gasteiger partial charge in [0.05, 0.1) is 5.34 Å². The minimum atomic E-state index is 0.194. The topological polar surface area (TPSA) is 0 Å². The summed E-state index contributed by atoms with van der Waals surface area (Å²) in [6.45, 7) is 0. The van der Waals surface area contributed by atoms with Crippen LogP contribution in [0.15, 0.2) is 146 Å². The van der Waals surface area contributed by atoms with Gasteiger partial charge in [-0.25, -0.2) is 0 Å². The van der Waals surface area contributed by atoms with Gasteiger partial charge < -0.3 is 0 Å². The molecule has 10 aromatic carbocycles. The highest BCUT2D eigenvalue weighted by Crippen LogP contribution is 2.47. The standard InChI is InChI=1S/C42H24.CH2Cl2/c1-4-10-31-25(7-1)13-16-28-19-22-34-40(37(28)31)35-23-20-29-17-14-26-8-2-5-11-32(26)38(29)42(35)36-24-21-30-18-15-27-9-3-6-12-33(27)39(30)41(34)36;2-1-3/h1-24H;1H2. The quantitative estimate of drug-likeness (QED) is 0.118. The van der Waals surface area contributed by atoms with Crippen molar-refractivity contribution in [3.63, 3.8) is 0 Å². The van der Waals surface area contributed by atoms with E-state index in [1.54, 1.807) is 0 Å². The molecule has 0 atom stereocenters. The molecule has 0 bridgehead atoms. The highest BCUT2D eigenvalue weighted by molar-refractivity contribution is 6.44.